The van der Waals surface area contributed by atoms with Gasteiger partial charge in [-0.25, -0.2) is 13.1 Å². The number of sulfonamides is 1. The van der Waals surface area contributed by atoms with Crippen molar-refractivity contribution in [3.63, 3.8) is 0 Å². The second-order valence-corrected chi connectivity index (χ2v) is 5.98. The molecule has 6 nitrogen and oxygen atoms in total. The quantitative estimate of drug-likeness (QED) is 0.783. The molecule has 0 aliphatic rings. The van der Waals surface area contributed by atoms with Crippen LogP contribution in [0.3, 0.4) is 0 Å². The Morgan fingerprint density at radius 2 is 1.80 bits per heavy atom. The molecule has 20 heavy (non-hydrogen) atoms. The third-order valence-corrected chi connectivity index (χ3v) is 4.46. The average molecular weight is 299 g/mol. The van der Waals surface area contributed by atoms with Gasteiger partial charge >= 0.3 is 0 Å². The van der Waals surface area contributed by atoms with Crippen molar-refractivity contribution in [1.82, 2.24) is 9.62 Å². The van der Waals surface area contributed by atoms with E-state index in [1.54, 1.807) is 23.1 Å². The normalized spacial score (nSPS) is 11.2. The molecule has 112 valence electrons. The van der Waals surface area contributed by atoms with Crippen molar-refractivity contribution < 1.29 is 13.2 Å². The maximum Gasteiger partial charge on any atom is 0.242 e. The SMILES string of the molecule is CCN(CC)C(=O)CNc1ccccc1S(=O)(=O)NC. The third kappa shape index (κ3) is 3.94. The summed E-state index contributed by atoms with van der Waals surface area (Å²) in [4.78, 5) is 13.7. The Hall–Kier alpha value is -1.60. The molecule has 0 fully saturated rings. The van der Waals surface area contributed by atoms with Gasteiger partial charge in [0.25, 0.3) is 0 Å². The summed E-state index contributed by atoms with van der Waals surface area (Å²) in [5, 5.41) is 2.89. The van der Waals surface area contributed by atoms with Crippen molar-refractivity contribution in [3.8, 4) is 0 Å². The van der Waals surface area contributed by atoms with E-state index in [1.807, 2.05) is 13.8 Å². The van der Waals surface area contributed by atoms with Crippen molar-refractivity contribution in [2.45, 2.75) is 18.7 Å². The Bertz CT molecular complexity index is 554. The van der Waals surface area contributed by atoms with Crippen LogP contribution in [-0.2, 0) is 14.8 Å². The maximum absolute atomic E-state index is 11.9. The van der Waals surface area contributed by atoms with E-state index in [4.69, 9.17) is 0 Å². The topological polar surface area (TPSA) is 78.5 Å². The number of rotatable bonds is 7. The Morgan fingerprint density at radius 1 is 1.20 bits per heavy atom. The van der Waals surface area contributed by atoms with Gasteiger partial charge in [-0.1, -0.05) is 12.1 Å². The predicted molar refractivity (Wildman–Crippen MR) is 79.1 cm³/mol. The molecule has 7 heteroatoms. The van der Waals surface area contributed by atoms with Gasteiger partial charge in [0.2, 0.25) is 15.9 Å². The van der Waals surface area contributed by atoms with E-state index in [-0.39, 0.29) is 17.3 Å². The van der Waals surface area contributed by atoms with Crippen LogP contribution in [0, 0.1) is 0 Å². The van der Waals surface area contributed by atoms with Crippen molar-refractivity contribution in [2.75, 3.05) is 32.0 Å². The lowest BCUT2D eigenvalue weighted by Crippen LogP contribution is -2.35. The molecule has 2 N–H and O–H groups in total. The summed E-state index contributed by atoms with van der Waals surface area (Å²) in [6.45, 7) is 5.14. The smallest absolute Gasteiger partial charge is 0.242 e. The molecule has 0 bridgehead atoms. The molecule has 0 atom stereocenters. The molecule has 1 amide bonds. The summed E-state index contributed by atoms with van der Waals surface area (Å²) in [6.07, 6.45) is 0. The Morgan fingerprint density at radius 3 is 2.35 bits per heavy atom. The Kier molecular flexibility index (Phi) is 5.97. The van der Waals surface area contributed by atoms with Gasteiger partial charge in [0.1, 0.15) is 4.90 Å². The molecule has 0 spiro atoms. The van der Waals surface area contributed by atoms with Gasteiger partial charge in [-0.15, -0.1) is 0 Å². The number of likely N-dealkylation sites (N-methyl/N-ethyl adjacent to an activating group) is 1. The molecule has 0 saturated heterocycles. The van der Waals surface area contributed by atoms with Gasteiger partial charge in [0.05, 0.1) is 12.2 Å². The highest BCUT2D eigenvalue weighted by Crippen LogP contribution is 2.20. The van der Waals surface area contributed by atoms with Crippen molar-refractivity contribution >= 4 is 21.6 Å². The first-order valence-electron chi connectivity index (χ1n) is 6.50. The van der Waals surface area contributed by atoms with E-state index in [0.717, 1.165) is 0 Å². The van der Waals surface area contributed by atoms with Crippen LogP contribution in [-0.4, -0.2) is 45.9 Å². The molecule has 0 saturated carbocycles. The lowest BCUT2D eigenvalue weighted by Gasteiger charge is -2.19. The van der Waals surface area contributed by atoms with Gasteiger partial charge in [-0.2, -0.15) is 0 Å². The van der Waals surface area contributed by atoms with Crippen LogP contribution in [0.25, 0.3) is 0 Å². The van der Waals surface area contributed by atoms with Gasteiger partial charge in [0.15, 0.2) is 0 Å². The molecule has 1 aromatic rings. The van der Waals surface area contributed by atoms with Gasteiger partial charge in [0, 0.05) is 13.1 Å². The van der Waals surface area contributed by atoms with E-state index in [0.29, 0.717) is 18.8 Å². The van der Waals surface area contributed by atoms with Crippen LogP contribution in [0.2, 0.25) is 0 Å². The zero-order chi connectivity index (χ0) is 15.2. The zero-order valence-electron chi connectivity index (χ0n) is 12.0. The highest BCUT2D eigenvalue weighted by atomic mass is 32.2. The summed E-state index contributed by atoms with van der Waals surface area (Å²) in [5.41, 5.74) is 0.419. The highest BCUT2D eigenvalue weighted by molar-refractivity contribution is 7.89. The summed E-state index contributed by atoms with van der Waals surface area (Å²) in [7, 11) is -2.19. The monoisotopic (exact) mass is 299 g/mol. The fourth-order valence-electron chi connectivity index (χ4n) is 1.82. The molecule has 0 unspecified atom stereocenters. The summed E-state index contributed by atoms with van der Waals surface area (Å²) in [5.74, 6) is -0.0633. The van der Waals surface area contributed by atoms with Crippen LogP contribution in [0.1, 0.15) is 13.8 Å². The molecular formula is C13H21N3O3S. The van der Waals surface area contributed by atoms with E-state index in [1.165, 1.54) is 13.1 Å². The number of carbonyl (C=O) groups excluding carboxylic acids is 1. The minimum absolute atomic E-state index is 0.0633. The first-order chi connectivity index (χ1) is 9.46. The van der Waals surface area contributed by atoms with E-state index >= 15 is 0 Å². The van der Waals surface area contributed by atoms with Gasteiger partial charge in [-0.05, 0) is 33.0 Å². The summed E-state index contributed by atoms with van der Waals surface area (Å²) in [6, 6.07) is 6.50. The first kappa shape index (κ1) is 16.5. The number of amides is 1. The largest absolute Gasteiger partial charge is 0.375 e. The van der Waals surface area contributed by atoms with Crippen molar-refractivity contribution in [3.05, 3.63) is 24.3 Å². The molecular weight excluding hydrogens is 278 g/mol. The number of nitrogens with one attached hydrogen (secondary N) is 2. The van der Waals surface area contributed by atoms with Gasteiger partial charge in [-0.3, -0.25) is 4.79 Å². The van der Waals surface area contributed by atoms with Crippen LogP contribution in [0.4, 0.5) is 5.69 Å². The molecule has 1 aromatic carbocycles. The first-order valence-corrected chi connectivity index (χ1v) is 7.98. The fourth-order valence-corrected chi connectivity index (χ4v) is 2.72. The number of anilines is 1. The van der Waals surface area contributed by atoms with E-state index in [9.17, 15) is 13.2 Å². The number of benzene rings is 1. The average Bonchev–Trinajstić information content (AvgIpc) is 2.46. The minimum Gasteiger partial charge on any atom is -0.375 e. The Balaban J connectivity index is 2.87. The zero-order valence-corrected chi connectivity index (χ0v) is 12.8. The van der Waals surface area contributed by atoms with E-state index in [2.05, 4.69) is 10.0 Å². The summed E-state index contributed by atoms with van der Waals surface area (Å²) >= 11 is 0. The molecule has 0 aromatic heterocycles. The highest BCUT2D eigenvalue weighted by Gasteiger charge is 2.17. The lowest BCUT2D eigenvalue weighted by molar-refractivity contribution is -0.128. The van der Waals surface area contributed by atoms with Crippen molar-refractivity contribution in [2.24, 2.45) is 0 Å². The molecule has 1 rings (SSSR count). The number of hydrogen-bond donors (Lipinski definition) is 2. The van der Waals surface area contributed by atoms with Crippen LogP contribution >= 0.6 is 0 Å². The standard InChI is InChI=1S/C13H21N3O3S/c1-4-16(5-2)13(17)10-15-11-8-6-7-9-12(11)20(18,19)14-3/h6-9,14-15H,4-5,10H2,1-3H3. The van der Waals surface area contributed by atoms with Crippen LogP contribution < -0.4 is 10.0 Å². The number of hydrogen-bond acceptors (Lipinski definition) is 4. The fraction of sp³-hybridized carbons (Fsp3) is 0.462. The van der Waals surface area contributed by atoms with Crippen LogP contribution in [0.15, 0.2) is 29.2 Å². The molecule has 0 heterocycles. The third-order valence-electron chi connectivity index (χ3n) is 2.99. The lowest BCUT2D eigenvalue weighted by atomic mass is 10.3. The van der Waals surface area contributed by atoms with Gasteiger partial charge < -0.3 is 10.2 Å². The molecule has 0 radical (unpaired) electrons. The Labute approximate surface area is 120 Å². The number of para-hydroxylation sites is 1. The second-order valence-electron chi connectivity index (χ2n) is 4.12. The molecule has 0 aliphatic heterocycles. The summed E-state index contributed by atoms with van der Waals surface area (Å²) < 4.78 is 26.0. The molecule has 0 aliphatic carbocycles. The minimum atomic E-state index is -3.55. The number of carbonyl (C=O) groups is 1. The van der Waals surface area contributed by atoms with E-state index < -0.39 is 10.0 Å². The maximum atomic E-state index is 11.9. The second kappa shape index (κ2) is 7.25. The van der Waals surface area contributed by atoms with Crippen LogP contribution in [0.5, 0.6) is 0 Å². The predicted octanol–water partition coefficient (Wildman–Crippen LogP) is 0.875. The number of nitrogens with zero attached hydrogens (tertiary/aromatic N) is 1. The van der Waals surface area contributed by atoms with Crippen molar-refractivity contribution in [1.29, 1.82) is 0 Å².